The predicted octanol–water partition coefficient (Wildman–Crippen LogP) is 2.18. The molecule has 0 aliphatic carbocycles. The Kier molecular flexibility index (Phi) is 2.83. The molecule has 2 aromatic heterocycles. The van der Waals surface area contributed by atoms with Crippen molar-refractivity contribution in [1.29, 1.82) is 0 Å². The van der Waals surface area contributed by atoms with E-state index in [1.54, 1.807) is 10.6 Å². The summed E-state index contributed by atoms with van der Waals surface area (Å²) in [6.07, 6.45) is 1.45. The van der Waals surface area contributed by atoms with Crippen molar-refractivity contribution < 1.29 is 4.39 Å². The second-order valence-corrected chi connectivity index (χ2v) is 4.24. The fourth-order valence-electron chi connectivity index (χ4n) is 1.90. The van der Waals surface area contributed by atoms with Gasteiger partial charge in [0.1, 0.15) is 18.0 Å². The molecule has 1 N–H and O–H groups in total. The minimum absolute atomic E-state index is 0.240. The Balaban J connectivity index is 1.87. The minimum Gasteiger partial charge on any atom is -0.366 e. The normalized spacial score (nSPS) is 10.8. The highest BCUT2D eigenvalue weighted by molar-refractivity contribution is 5.45. The Morgan fingerprint density at radius 1 is 1.32 bits per heavy atom. The van der Waals surface area contributed by atoms with E-state index >= 15 is 0 Å². The summed E-state index contributed by atoms with van der Waals surface area (Å²) >= 11 is 0. The zero-order valence-electron chi connectivity index (χ0n) is 10.3. The van der Waals surface area contributed by atoms with Crippen LogP contribution in [0.4, 0.5) is 10.2 Å². The maximum atomic E-state index is 13.1. The van der Waals surface area contributed by atoms with Crippen LogP contribution in [0.15, 0.2) is 36.7 Å². The highest BCUT2D eigenvalue weighted by Gasteiger charge is 2.05. The molecule has 0 aliphatic rings. The number of anilines is 1. The molecule has 5 nitrogen and oxygen atoms in total. The molecule has 96 valence electrons. The van der Waals surface area contributed by atoms with E-state index in [4.69, 9.17) is 0 Å². The van der Waals surface area contributed by atoms with Crippen LogP contribution >= 0.6 is 0 Å². The summed E-state index contributed by atoms with van der Waals surface area (Å²) in [7, 11) is 0. The number of aromatic nitrogens is 4. The topological polar surface area (TPSA) is 55.1 Å². The van der Waals surface area contributed by atoms with Crippen molar-refractivity contribution in [3.8, 4) is 0 Å². The van der Waals surface area contributed by atoms with Crippen LogP contribution in [0.25, 0.3) is 5.78 Å². The molecule has 3 aromatic rings. The molecule has 3 rings (SSSR count). The van der Waals surface area contributed by atoms with Gasteiger partial charge in [0.15, 0.2) is 0 Å². The molecule has 0 radical (unpaired) electrons. The molecule has 2 heterocycles. The first-order valence-corrected chi connectivity index (χ1v) is 5.88. The zero-order valence-corrected chi connectivity index (χ0v) is 10.3. The standard InChI is InChI=1S/C13H12FN5/c1-9-5-12(19-13(18-9)16-8-17-19)15-7-10-3-2-4-11(14)6-10/h2-6,8,15H,7H2,1H3. The second kappa shape index (κ2) is 4.64. The van der Waals surface area contributed by atoms with E-state index in [2.05, 4.69) is 20.4 Å². The Morgan fingerprint density at radius 3 is 3.05 bits per heavy atom. The molecule has 0 unspecified atom stereocenters. The summed E-state index contributed by atoms with van der Waals surface area (Å²) in [4.78, 5) is 8.30. The monoisotopic (exact) mass is 257 g/mol. The van der Waals surface area contributed by atoms with Crippen molar-refractivity contribution in [2.24, 2.45) is 0 Å². The SMILES string of the molecule is Cc1cc(NCc2cccc(F)c2)n2ncnc2n1. The van der Waals surface area contributed by atoms with Crippen molar-refractivity contribution in [2.45, 2.75) is 13.5 Å². The van der Waals surface area contributed by atoms with Crippen molar-refractivity contribution in [3.63, 3.8) is 0 Å². The highest BCUT2D eigenvalue weighted by atomic mass is 19.1. The number of nitrogens with one attached hydrogen (secondary N) is 1. The van der Waals surface area contributed by atoms with Crippen molar-refractivity contribution >= 4 is 11.6 Å². The Bertz CT molecular complexity index is 722. The largest absolute Gasteiger partial charge is 0.366 e. The zero-order chi connectivity index (χ0) is 13.2. The van der Waals surface area contributed by atoms with E-state index < -0.39 is 0 Å². The predicted molar refractivity (Wildman–Crippen MR) is 69.2 cm³/mol. The third-order valence-corrected chi connectivity index (χ3v) is 2.74. The molecule has 0 atom stereocenters. The van der Waals surface area contributed by atoms with Gasteiger partial charge in [-0.1, -0.05) is 12.1 Å². The molecule has 0 saturated heterocycles. The molecule has 0 bridgehead atoms. The average molecular weight is 257 g/mol. The summed E-state index contributed by atoms with van der Waals surface area (Å²) in [6.45, 7) is 2.40. The maximum absolute atomic E-state index is 13.1. The number of hydrogen-bond acceptors (Lipinski definition) is 4. The Labute approximate surface area is 109 Å². The van der Waals surface area contributed by atoms with Crippen LogP contribution in [0.3, 0.4) is 0 Å². The lowest BCUT2D eigenvalue weighted by atomic mass is 10.2. The first-order chi connectivity index (χ1) is 9.22. The van der Waals surface area contributed by atoms with Crippen LogP contribution in [0.1, 0.15) is 11.3 Å². The van der Waals surface area contributed by atoms with Crippen LogP contribution in [0.5, 0.6) is 0 Å². The van der Waals surface area contributed by atoms with E-state index in [-0.39, 0.29) is 5.82 Å². The number of rotatable bonds is 3. The smallest absolute Gasteiger partial charge is 0.254 e. The molecule has 1 aromatic carbocycles. The highest BCUT2D eigenvalue weighted by Crippen LogP contribution is 2.12. The van der Waals surface area contributed by atoms with Gasteiger partial charge in [0.25, 0.3) is 5.78 Å². The third kappa shape index (κ3) is 2.37. The van der Waals surface area contributed by atoms with Gasteiger partial charge < -0.3 is 5.32 Å². The Hall–Kier alpha value is -2.50. The number of halogens is 1. The molecule has 0 aliphatic heterocycles. The van der Waals surface area contributed by atoms with Gasteiger partial charge in [0.05, 0.1) is 0 Å². The summed E-state index contributed by atoms with van der Waals surface area (Å²) in [5.41, 5.74) is 1.71. The van der Waals surface area contributed by atoms with Gasteiger partial charge in [-0.3, -0.25) is 0 Å². The second-order valence-electron chi connectivity index (χ2n) is 4.24. The van der Waals surface area contributed by atoms with Gasteiger partial charge in [0.2, 0.25) is 0 Å². The van der Waals surface area contributed by atoms with Gasteiger partial charge in [-0.15, -0.1) is 0 Å². The summed E-state index contributed by atoms with van der Waals surface area (Å²) in [5, 5.41) is 7.31. The van der Waals surface area contributed by atoms with E-state index in [1.165, 1.54) is 18.5 Å². The van der Waals surface area contributed by atoms with E-state index in [0.29, 0.717) is 12.3 Å². The van der Waals surface area contributed by atoms with Gasteiger partial charge in [-0.2, -0.15) is 14.6 Å². The number of aryl methyl sites for hydroxylation is 1. The lowest BCUT2D eigenvalue weighted by molar-refractivity contribution is 0.626. The van der Waals surface area contributed by atoms with Crippen LogP contribution in [-0.2, 0) is 6.54 Å². The van der Waals surface area contributed by atoms with E-state index in [0.717, 1.165) is 17.1 Å². The summed E-state index contributed by atoms with van der Waals surface area (Å²) in [6, 6.07) is 8.36. The summed E-state index contributed by atoms with van der Waals surface area (Å²) in [5.74, 6) is 1.09. The van der Waals surface area contributed by atoms with Gasteiger partial charge in [-0.25, -0.2) is 9.37 Å². The quantitative estimate of drug-likeness (QED) is 0.781. The van der Waals surface area contributed by atoms with Gasteiger partial charge in [-0.05, 0) is 24.6 Å². The van der Waals surface area contributed by atoms with Crippen LogP contribution in [-0.4, -0.2) is 19.6 Å². The van der Waals surface area contributed by atoms with E-state index in [1.807, 2.05) is 19.1 Å². The number of fused-ring (bicyclic) bond motifs is 1. The molecule has 0 amide bonds. The molecule has 0 saturated carbocycles. The Morgan fingerprint density at radius 2 is 2.21 bits per heavy atom. The number of hydrogen-bond donors (Lipinski definition) is 1. The number of nitrogens with zero attached hydrogens (tertiary/aromatic N) is 4. The van der Waals surface area contributed by atoms with Crippen LogP contribution in [0, 0.1) is 12.7 Å². The molecule has 6 heteroatoms. The third-order valence-electron chi connectivity index (χ3n) is 2.74. The number of benzene rings is 1. The molecule has 0 spiro atoms. The van der Waals surface area contributed by atoms with Crippen LogP contribution < -0.4 is 5.32 Å². The molecular formula is C13H12FN5. The molecular weight excluding hydrogens is 245 g/mol. The fourth-order valence-corrected chi connectivity index (χ4v) is 1.90. The molecule has 19 heavy (non-hydrogen) atoms. The minimum atomic E-state index is -0.240. The lowest BCUT2D eigenvalue weighted by Gasteiger charge is -2.08. The summed E-state index contributed by atoms with van der Waals surface area (Å²) < 4.78 is 14.7. The first-order valence-electron chi connectivity index (χ1n) is 5.88. The van der Waals surface area contributed by atoms with E-state index in [9.17, 15) is 4.39 Å². The molecule has 0 fully saturated rings. The lowest BCUT2D eigenvalue weighted by Crippen LogP contribution is -2.07. The first kappa shape index (κ1) is 11.6. The van der Waals surface area contributed by atoms with Crippen molar-refractivity contribution in [3.05, 3.63) is 53.7 Å². The maximum Gasteiger partial charge on any atom is 0.254 e. The van der Waals surface area contributed by atoms with Crippen molar-refractivity contribution in [2.75, 3.05) is 5.32 Å². The van der Waals surface area contributed by atoms with Crippen LogP contribution in [0.2, 0.25) is 0 Å². The van der Waals surface area contributed by atoms with Crippen molar-refractivity contribution in [1.82, 2.24) is 19.6 Å². The average Bonchev–Trinajstić information content (AvgIpc) is 2.84. The van der Waals surface area contributed by atoms with Gasteiger partial charge in [0, 0.05) is 18.3 Å². The van der Waals surface area contributed by atoms with Gasteiger partial charge >= 0.3 is 0 Å². The fraction of sp³-hybridized carbons (Fsp3) is 0.154.